The van der Waals surface area contributed by atoms with Crippen LogP contribution in [-0.4, -0.2) is 18.5 Å². The second-order valence-corrected chi connectivity index (χ2v) is 3.58. The normalized spacial score (nSPS) is 15.3. The highest BCUT2D eigenvalue weighted by molar-refractivity contribution is 5.81. The first-order valence-electron chi connectivity index (χ1n) is 5.07. The van der Waals surface area contributed by atoms with Crippen molar-refractivity contribution in [2.24, 2.45) is 11.7 Å². The van der Waals surface area contributed by atoms with Gasteiger partial charge in [0.05, 0.1) is 6.61 Å². The van der Waals surface area contributed by atoms with E-state index in [0.717, 1.165) is 6.42 Å². The van der Waals surface area contributed by atoms with Crippen LogP contribution in [0, 0.1) is 11.3 Å². The van der Waals surface area contributed by atoms with Gasteiger partial charge >= 0.3 is 0 Å². The van der Waals surface area contributed by atoms with Crippen LogP contribution in [0.4, 0.5) is 0 Å². The Kier molecular flexibility index (Phi) is 6.59. The van der Waals surface area contributed by atoms with Gasteiger partial charge in [-0.3, -0.25) is 5.41 Å². The molecular weight excluding hydrogens is 164 g/mol. The maximum absolute atomic E-state index is 7.25. The highest BCUT2D eigenvalue weighted by Crippen LogP contribution is 2.07. The van der Waals surface area contributed by atoms with Gasteiger partial charge in [0.1, 0.15) is 11.9 Å². The lowest BCUT2D eigenvalue weighted by atomic mass is 10.1. The van der Waals surface area contributed by atoms with Crippen LogP contribution in [0.1, 0.15) is 40.0 Å². The Morgan fingerprint density at radius 3 is 2.46 bits per heavy atom. The molecule has 0 spiro atoms. The Bertz CT molecular complexity index is 148. The van der Waals surface area contributed by atoms with Gasteiger partial charge in [-0.1, -0.05) is 27.2 Å². The Labute approximate surface area is 81.2 Å². The molecule has 0 amide bonds. The maximum atomic E-state index is 7.25. The minimum Gasteiger partial charge on any atom is -0.385 e. The van der Waals surface area contributed by atoms with Crippen molar-refractivity contribution >= 4 is 5.84 Å². The third kappa shape index (κ3) is 5.64. The van der Waals surface area contributed by atoms with E-state index in [1.807, 2.05) is 6.92 Å². The highest BCUT2D eigenvalue weighted by Gasteiger charge is 2.11. The summed E-state index contributed by atoms with van der Waals surface area (Å²) in [5.41, 5.74) is 5.37. The molecule has 3 nitrogen and oxygen atoms in total. The van der Waals surface area contributed by atoms with Crippen molar-refractivity contribution in [3.8, 4) is 0 Å². The molecule has 3 heteroatoms. The van der Waals surface area contributed by atoms with Crippen molar-refractivity contribution in [3.05, 3.63) is 0 Å². The quantitative estimate of drug-likeness (QED) is 0.473. The molecule has 0 aliphatic heterocycles. The molecule has 2 unspecified atom stereocenters. The number of ether oxygens (including phenoxy) is 1. The second kappa shape index (κ2) is 6.89. The topological polar surface area (TPSA) is 59.1 Å². The van der Waals surface area contributed by atoms with E-state index in [0.29, 0.717) is 12.5 Å². The van der Waals surface area contributed by atoms with Crippen molar-refractivity contribution in [1.29, 1.82) is 5.41 Å². The van der Waals surface area contributed by atoms with Gasteiger partial charge in [-0.15, -0.1) is 0 Å². The zero-order valence-corrected chi connectivity index (χ0v) is 8.97. The van der Waals surface area contributed by atoms with Gasteiger partial charge in [0.25, 0.3) is 0 Å². The number of hydrogen-bond acceptors (Lipinski definition) is 2. The van der Waals surface area contributed by atoms with Crippen LogP contribution in [0.25, 0.3) is 0 Å². The van der Waals surface area contributed by atoms with E-state index in [1.165, 1.54) is 12.8 Å². The van der Waals surface area contributed by atoms with Crippen LogP contribution in [0.3, 0.4) is 0 Å². The zero-order chi connectivity index (χ0) is 10.3. The van der Waals surface area contributed by atoms with E-state index >= 15 is 0 Å². The molecule has 2 atom stereocenters. The predicted octanol–water partition coefficient (Wildman–Crippen LogP) is 2.15. The van der Waals surface area contributed by atoms with Gasteiger partial charge < -0.3 is 10.5 Å². The van der Waals surface area contributed by atoms with Crippen LogP contribution < -0.4 is 5.73 Å². The number of rotatable bonds is 7. The van der Waals surface area contributed by atoms with Crippen molar-refractivity contribution in [3.63, 3.8) is 0 Å². The summed E-state index contributed by atoms with van der Waals surface area (Å²) in [5, 5.41) is 7.25. The molecule has 78 valence electrons. The second-order valence-electron chi connectivity index (χ2n) is 3.58. The lowest BCUT2D eigenvalue weighted by Gasteiger charge is -2.17. The third-order valence-corrected chi connectivity index (χ3v) is 2.08. The van der Waals surface area contributed by atoms with E-state index in [1.54, 1.807) is 0 Å². The van der Waals surface area contributed by atoms with Crippen LogP contribution in [0.15, 0.2) is 0 Å². The lowest BCUT2D eigenvalue weighted by molar-refractivity contribution is 0.0668. The molecule has 0 heterocycles. The van der Waals surface area contributed by atoms with Crippen molar-refractivity contribution in [2.45, 2.75) is 46.1 Å². The first-order valence-corrected chi connectivity index (χ1v) is 5.07. The minimum absolute atomic E-state index is 0.145. The molecule has 0 bridgehead atoms. The zero-order valence-electron chi connectivity index (χ0n) is 8.97. The number of amidine groups is 1. The van der Waals surface area contributed by atoms with Gasteiger partial charge in [-0.2, -0.15) is 0 Å². The predicted molar refractivity (Wildman–Crippen MR) is 56.0 cm³/mol. The van der Waals surface area contributed by atoms with E-state index in [9.17, 15) is 0 Å². The molecule has 0 aromatic rings. The van der Waals surface area contributed by atoms with Crippen molar-refractivity contribution < 1.29 is 4.74 Å². The molecule has 0 aliphatic carbocycles. The average molecular weight is 186 g/mol. The smallest absolute Gasteiger partial charge is 0.120 e. The molecular formula is C10H22N2O. The highest BCUT2D eigenvalue weighted by atomic mass is 16.5. The molecule has 0 saturated carbocycles. The van der Waals surface area contributed by atoms with Crippen LogP contribution in [-0.2, 0) is 4.74 Å². The van der Waals surface area contributed by atoms with Crippen molar-refractivity contribution in [1.82, 2.24) is 0 Å². The van der Waals surface area contributed by atoms with Gasteiger partial charge in [-0.05, 0) is 18.8 Å². The summed E-state index contributed by atoms with van der Waals surface area (Å²) in [5.74, 6) is 0.713. The number of nitrogens with two attached hydrogens (primary N) is 1. The molecule has 0 aliphatic rings. The number of hydrogen-bond donors (Lipinski definition) is 2. The van der Waals surface area contributed by atoms with Gasteiger partial charge in [0.2, 0.25) is 0 Å². The molecule has 0 fully saturated rings. The fraction of sp³-hybridized carbons (Fsp3) is 0.900. The Morgan fingerprint density at radius 1 is 1.46 bits per heavy atom. The van der Waals surface area contributed by atoms with E-state index < -0.39 is 0 Å². The van der Waals surface area contributed by atoms with Crippen LogP contribution in [0.5, 0.6) is 0 Å². The fourth-order valence-electron chi connectivity index (χ4n) is 1.28. The molecule has 0 aromatic heterocycles. The molecule has 3 N–H and O–H groups in total. The Morgan fingerprint density at radius 2 is 2.08 bits per heavy atom. The van der Waals surface area contributed by atoms with Gasteiger partial charge in [-0.25, -0.2) is 0 Å². The minimum atomic E-state index is -0.181. The largest absolute Gasteiger partial charge is 0.385 e. The lowest BCUT2D eigenvalue weighted by Crippen LogP contribution is -2.31. The molecule has 0 rings (SSSR count). The summed E-state index contributed by atoms with van der Waals surface area (Å²) >= 11 is 0. The fourth-order valence-corrected chi connectivity index (χ4v) is 1.28. The Hall–Kier alpha value is -0.570. The molecule has 13 heavy (non-hydrogen) atoms. The molecule has 0 aromatic carbocycles. The summed E-state index contributed by atoms with van der Waals surface area (Å²) in [6, 6.07) is 0. The van der Waals surface area contributed by atoms with E-state index in [2.05, 4.69) is 13.8 Å². The standard InChI is InChI=1S/C10H22N2O/c1-4-6-8(3)7-13-9(5-2)10(11)12/h8-9H,4-7H2,1-3H3,(H3,11,12). The molecule has 0 saturated heterocycles. The van der Waals surface area contributed by atoms with E-state index in [-0.39, 0.29) is 11.9 Å². The Balaban J connectivity index is 3.65. The maximum Gasteiger partial charge on any atom is 0.120 e. The van der Waals surface area contributed by atoms with Crippen LogP contribution in [0.2, 0.25) is 0 Å². The van der Waals surface area contributed by atoms with Crippen molar-refractivity contribution in [2.75, 3.05) is 6.61 Å². The summed E-state index contributed by atoms with van der Waals surface area (Å²) in [6.07, 6.45) is 2.96. The third-order valence-electron chi connectivity index (χ3n) is 2.08. The summed E-state index contributed by atoms with van der Waals surface area (Å²) in [7, 11) is 0. The first-order chi connectivity index (χ1) is 6.11. The summed E-state index contributed by atoms with van der Waals surface area (Å²) in [6.45, 7) is 7.03. The summed E-state index contributed by atoms with van der Waals surface area (Å²) in [4.78, 5) is 0. The van der Waals surface area contributed by atoms with Gasteiger partial charge in [0.15, 0.2) is 0 Å². The average Bonchev–Trinajstić information content (AvgIpc) is 2.05. The first kappa shape index (κ1) is 12.4. The molecule has 0 radical (unpaired) electrons. The SMILES string of the molecule is CCCC(C)COC(CC)C(=N)N. The van der Waals surface area contributed by atoms with Gasteiger partial charge in [0, 0.05) is 0 Å². The van der Waals surface area contributed by atoms with Crippen LogP contribution >= 0.6 is 0 Å². The summed E-state index contributed by atoms with van der Waals surface area (Å²) < 4.78 is 5.52. The van der Waals surface area contributed by atoms with E-state index in [4.69, 9.17) is 15.9 Å². The monoisotopic (exact) mass is 186 g/mol. The number of nitrogens with one attached hydrogen (secondary N) is 1.